The summed E-state index contributed by atoms with van der Waals surface area (Å²) in [4.78, 5) is 12.8. The molecule has 0 spiro atoms. The molecule has 1 amide bonds. The van der Waals surface area contributed by atoms with Gasteiger partial charge in [-0.15, -0.1) is 0 Å². The Morgan fingerprint density at radius 2 is 1.59 bits per heavy atom. The molecule has 29 heavy (non-hydrogen) atoms. The van der Waals surface area contributed by atoms with Crippen LogP contribution in [0.1, 0.15) is 27.3 Å². The van der Waals surface area contributed by atoms with Crippen molar-refractivity contribution in [2.45, 2.75) is 20.4 Å². The van der Waals surface area contributed by atoms with E-state index in [9.17, 15) is 4.79 Å². The maximum absolute atomic E-state index is 12.8. The van der Waals surface area contributed by atoms with Gasteiger partial charge in [-0.05, 0) is 49.2 Å². The number of anilines is 1. The number of rotatable bonds is 5. The van der Waals surface area contributed by atoms with Crippen LogP contribution in [0.15, 0.2) is 84.9 Å². The van der Waals surface area contributed by atoms with E-state index in [2.05, 4.69) is 16.5 Å². The molecule has 1 heterocycles. The number of benzene rings is 3. The van der Waals surface area contributed by atoms with Crippen molar-refractivity contribution in [3.63, 3.8) is 0 Å². The summed E-state index contributed by atoms with van der Waals surface area (Å²) >= 11 is 0. The number of carbonyl (C=O) groups excluding carboxylic acids is 1. The van der Waals surface area contributed by atoms with Gasteiger partial charge in [-0.1, -0.05) is 60.7 Å². The van der Waals surface area contributed by atoms with E-state index in [1.54, 1.807) is 0 Å². The summed E-state index contributed by atoms with van der Waals surface area (Å²) < 4.78 is 1.97. The predicted octanol–water partition coefficient (Wildman–Crippen LogP) is 5.47. The lowest BCUT2D eigenvalue weighted by atomic mass is 10.0. The van der Waals surface area contributed by atoms with Gasteiger partial charge in [0.05, 0.1) is 12.2 Å². The molecule has 3 aromatic carbocycles. The molecule has 0 radical (unpaired) electrons. The Balaban J connectivity index is 1.50. The number of carbonyl (C=O) groups is 1. The van der Waals surface area contributed by atoms with Crippen LogP contribution in [0, 0.1) is 13.8 Å². The monoisotopic (exact) mass is 381 g/mol. The summed E-state index contributed by atoms with van der Waals surface area (Å²) in [7, 11) is 0. The minimum atomic E-state index is -0.119. The number of aromatic nitrogens is 2. The number of nitrogens with zero attached hydrogens (tertiary/aromatic N) is 2. The van der Waals surface area contributed by atoms with E-state index in [1.807, 2.05) is 97.4 Å². The van der Waals surface area contributed by atoms with Gasteiger partial charge >= 0.3 is 0 Å². The minimum Gasteiger partial charge on any atom is -0.321 e. The van der Waals surface area contributed by atoms with E-state index in [0.717, 1.165) is 33.8 Å². The third kappa shape index (κ3) is 4.27. The SMILES string of the molecule is Cc1cc(C)n(Cc2ccc(C(=O)Nc3ccccc3-c3ccccc3)cc2)n1. The third-order valence-corrected chi connectivity index (χ3v) is 4.91. The molecule has 4 nitrogen and oxygen atoms in total. The Kier molecular flexibility index (Phi) is 5.25. The van der Waals surface area contributed by atoms with E-state index in [-0.39, 0.29) is 5.91 Å². The van der Waals surface area contributed by atoms with Gasteiger partial charge in [0.1, 0.15) is 0 Å². The highest BCUT2D eigenvalue weighted by Gasteiger charge is 2.10. The molecular weight excluding hydrogens is 358 g/mol. The van der Waals surface area contributed by atoms with Gasteiger partial charge in [0.25, 0.3) is 5.91 Å². The summed E-state index contributed by atoms with van der Waals surface area (Å²) in [6.45, 7) is 4.73. The van der Waals surface area contributed by atoms with Gasteiger partial charge in [-0.25, -0.2) is 0 Å². The smallest absolute Gasteiger partial charge is 0.255 e. The summed E-state index contributed by atoms with van der Waals surface area (Å²) in [6.07, 6.45) is 0. The van der Waals surface area contributed by atoms with Crippen molar-refractivity contribution in [1.29, 1.82) is 0 Å². The molecular formula is C25H23N3O. The van der Waals surface area contributed by atoms with Crippen LogP contribution in [0.3, 0.4) is 0 Å². The van der Waals surface area contributed by atoms with Gasteiger partial charge in [-0.3, -0.25) is 9.48 Å². The first-order valence-electron chi connectivity index (χ1n) is 9.66. The second-order valence-corrected chi connectivity index (χ2v) is 7.15. The van der Waals surface area contributed by atoms with E-state index in [1.165, 1.54) is 0 Å². The highest BCUT2D eigenvalue weighted by Crippen LogP contribution is 2.28. The zero-order valence-corrected chi connectivity index (χ0v) is 16.6. The fourth-order valence-electron chi connectivity index (χ4n) is 3.43. The Morgan fingerprint density at radius 1 is 0.897 bits per heavy atom. The van der Waals surface area contributed by atoms with E-state index < -0.39 is 0 Å². The lowest BCUT2D eigenvalue weighted by Crippen LogP contribution is -2.13. The molecule has 0 aliphatic rings. The number of nitrogens with one attached hydrogen (secondary N) is 1. The molecule has 0 saturated heterocycles. The summed E-state index contributed by atoms with van der Waals surface area (Å²) in [6, 6.07) is 27.7. The maximum atomic E-state index is 12.8. The Hall–Kier alpha value is -3.66. The van der Waals surface area contributed by atoms with Gasteiger partial charge < -0.3 is 5.32 Å². The Bertz CT molecular complexity index is 1130. The van der Waals surface area contributed by atoms with Gasteiger partial charge in [-0.2, -0.15) is 5.10 Å². The topological polar surface area (TPSA) is 46.9 Å². The van der Waals surface area contributed by atoms with Crippen molar-refractivity contribution in [1.82, 2.24) is 9.78 Å². The first-order valence-corrected chi connectivity index (χ1v) is 9.66. The quantitative estimate of drug-likeness (QED) is 0.498. The second-order valence-electron chi connectivity index (χ2n) is 7.15. The fraction of sp³-hybridized carbons (Fsp3) is 0.120. The molecule has 0 aliphatic heterocycles. The molecule has 1 aromatic heterocycles. The van der Waals surface area contributed by atoms with Gasteiger partial charge in [0, 0.05) is 22.5 Å². The van der Waals surface area contributed by atoms with Gasteiger partial charge in [0.15, 0.2) is 0 Å². The first kappa shape index (κ1) is 18.7. The van der Waals surface area contributed by atoms with Crippen LogP contribution in [-0.4, -0.2) is 15.7 Å². The Morgan fingerprint density at radius 3 is 2.28 bits per heavy atom. The lowest BCUT2D eigenvalue weighted by molar-refractivity contribution is 0.102. The molecule has 0 bridgehead atoms. The average Bonchev–Trinajstić information content (AvgIpc) is 3.06. The van der Waals surface area contributed by atoms with Crippen molar-refractivity contribution in [2.75, 3.05) is 5.32 Å². The van der Waals surface area contributed by atoms with Crippen LogP contribution in [0.4, 0.5) is 5.69 Å². The average molecular weight is 381 g/mol. The summed E-state index contributed by atoms with van der Waals surface area (Å²) in [5.74, 6) is -0.119. The molecule has 0 aliphatic carbocycles. The zero-order chi connectivity index (χ0) is 20.2. The van der Waals surface area contributed by atoms with E-state index in [0.29, 0.717) is 12.1 Å². The molecule has 4 aromatic rings. The highest BCUT2D eigenvalue weighted by molar-refractivity contribution is 6.06. The van der Waals surface area contributed by atoms with E-state index >= 15 is 0 Å². The van der Waals surface area contributed by atoms with Crippen molar-refractivity contribution in [2.24, 2.45) is 0 Å². The van der Waals surface area contributed by atoms with Crippen molar-refractivity contribution < 1.29 is 4.79 Å². The third-order valence-electron chi connectivity index (χ3n) is 4.91. The molecule has 4 rings (SSSR count). The molecule has 0 saturated carbocycles. The number of amides is 1. The normalized spacial score (nSPS) is 10.7. The van der Waals surface area contributed by atoms with Crippen LogP contribution in [0.5, 0.6) is 0 Å². The summed E-state index contributed by atoms with van der Waals surface area (Å²) in [5.41, 5.74) is 6.75. The molecule has 0 unspecified atom stereocenters. The first-order chi connectivity index (χ1) is 14.1. The largest absolute Gasteiger partial charge is 0.321 e. The lowest BCUT2D eigenvalue weighted by Gasteiger charge is -2.12. The number of aryl methyl sites for hydroxylation is 2. The number of para-hydroxylation sites is 1. The van der Waals surface area contributed by atoms with Crippen LogP contribution in [0.25, 0.3) is 11.1 Å². The van der Waals surface area contributed by atoms with Crippen LogP contribution < -0.4 is 5.32 Å². The zero-order valence-electron chi connectivity index (χ0n) is 16.6. The summed E-state index contributed by atoms with van der Waals surface area (Å²) in [5, 5.41) is 7.55. The molecule has 1 N–H and O–H groups in total. The van der Waals surface area contributed by atoms with Crippen LogP contribution in [0.2, 0.25) is 0 Å². The maximum Gasteiger partial charge on any atom is 0.255 e. The van der Waals surface area contributed by atoms with Crippen LogP contribution >= 0.6 is 0 Å². The van der Waals surface area contributed by atoms with Crippen molar-refractivity contribution in [3.05, 3.63) is 107 Å². The second kappa shape index (κ2) is 8.15. The number of hydrogen-bond donors (Lipinski definition) is 1. The van der Waals surface area contributed by atoms with Gasteiger partial charge in [0.2, 0.25) is 0 Å². The van der Waals surface area contributed by atoms with Crippen molar-refractivity contribution in [3.8, 4) is 11.1 Å². The predicted molar refractivity (Wildman–Crippen MR) is 117 cm³/mol. The molecule has 0 fully saturated rings. The highest BCUT2D eigenvalue weighted by atomic mass is 16.1. The molecule has 4 heteroatoms. The fourth-order valence-corrected chi connectivity index (χ4v) is 3.43. The van der Waals surface area contributed by atoms with Crippen molar-refractivity contribution >= 4 is 11.6 Å². The minimum absolute atomic E-state index is 0.119. The standard InChI is InChI=1S/C25H23N3O/c1-18-16-19(2)28(27-18)17-20-12-14-22(15-13-20)25(29)26-24-11-7-6-10-23(24)21-8-4-3-5-9-21/h3-16H,17H2,1-2H3,(H,26,29). The molecule has 0 atom stereocenters. The number of hydrogen-bond acceptors (Lipinski definition) is 2. The van der Waals surface area contributed by atoms with E-state index in [4.69, 9.17) is 0 Å². The Labute approximate surface area is 170 Å². The molecule has 144 valence electrons. The van der Waals surface area contributed by atoms with Crippen LogP contribution in [-0.2, 0) is 6.54 Å².